The number of methoxy groups -OCH3 is 1. The molecule has 0 aliphatic carbocycles. The standard InChI is InChI=1S/C12H15N5O2/c1-9(7-17-4-3-13-8-17)15-11-6-14-5-10(16-11)12(18)19-2/h3-6,8-9H,7H2,1-2H3,(H,15,16). The minimum atomic E-state index is -0.501. The summed E-state index contributed by atoms with van der Waals surface area (Å²) in [5, 5.41) is 3.17. The molecule has 0 bridgehead atoms. The molecule has 0 saturated carbocycles. The number of imidazole rings is 1. The van der Waals surface area contributed by atoms with Crippen molar-refractivity contribution in [3.8, 4) is 0 Å². The molecule has 7 nitrogen and oxygen atoms in total. The molecule has 0 spiro atoms. The number of esters is 1. The van der Waals surface area contributed by atoms with Crippen molar-refractivity contribution in [1.29, 1.82) is 0 Å². The summed E-state index contributed by atoms with van der Waals surface area (Å²) in [4.78, 5) is 23.4. The number of nitrogens with zero attached hydrogens (tertiary/aromatic N) is 4. The lowest BCUT2D eigenvalue weighted by atomic mass is 10.3. The normalized spacial score (nSPS) is 11.9. The van der Waals surface area contributed by atoms with E-state index in [2.05, 4.69) is 25.0 Å². The van der Waals surface area contributed by atoms with Crippen molar-refractivity contribution in [3.63, 3.8) is 0 Å². The fraction of sp³-hybridized carbons (Fsp3) is 0.333. The zero-order valence-corrected chi connectivity index (χ0v) is 10.8. The fourth-order valence-electron chi connectivity index (χ4n) is 1.65. The molecule has 0 aliphatic heterocycles. The predicted octanol–water partition coefficient (Wildman–Crippen LogP) is 0.960. The van der Waals surface area contributed by atoms with Crippen molar-refractivity contribution in [1.82, 2.24) is 19.5 Å². The van der Waals surface area contributed by atoms with Gasteiger partial charge in [-0.05, 0) is 6.92 Å². The summed E-state index contributed by atoms with van der Waals surface area (Å²) in [6.07, 6.45) is 8.29. The van der Waals surface area contributed by atoms with Crippen LogP contribution in [0.2, 0.25) is 0 Å². The topological polar surface area (TPSA) is 81.9 Å². The monoisotopic (exact) mass is 261 g/mol. The molecule has 2 rings (SSSR count). The summed E-state index contributed by atoms with van der Waals surface area (Å²) < 4.78 is 6.55. The van der Waals surface area contributed by atoms with Gasteiger partial charge in [0, 0.05) is 25.0 Å². The van der Waals surface area contributed by atoms with Crippen molar-refractivity contribution in [2.45, 2.75) is 19.5 Å². The van der Waals surface area contributed by atoms with Crippen molar-refractivity contribution < 1.29 is 9.53 Å². The highest BCUT2D eigenvalue weighted by Crippen LogP contribution is 2.06. The first-order valence-electron chi connectivity index (χ1n) is 5.81. The molecule has 0 aliphatic rings. The fourth-order valence-corrected chi connectivity index (χ4v) is 1.65. The summed E-state index contributed by atoms with van der Waals surface area (Å²) in [6, 6.07) is 0.122. The Hall–Kier alpha value is -2.44. The number of aromatic nitrogens is 4. The van der Waals surface area contributed by atoms with Crippen LogP contribution in [0.3, 0.4) is 0 Å². The average Bonchev–Trinajstić information content (AvgIpc) is 2.90. The second-order valence-corrected chi connectivity index (χ2v) is 4.09. The van der Waals surface area contributed by atoms with Crippen molar-refractivity contribution in [2.24, 2.45) is 0 Å². The van der Waals surface area contributed by atoms with Gasteiger partial charge in [-0.25, -0.2) is 14.8 Å². The molecule has 1 N–H and O–H groups in total. The van der Waals surface area contributed by atoms with Crippen LogP contribution < -0.4 is 5.32 Å². The van der Waals surface area contributed by atoms with E-state index in [1.54, 1.807) is 18.7 Å². The van der Waals surface area contributed by atoms with Gasteiger partial charge in [-0.15, -0.1) is 0 Å². The number of ether oxygens (including phenoxy) is 1. The molecule has 19 heavy (non-hydrogen) atoms. The third-order valence-corrected chi connectivity index (χ3v) is 2.47. The van der Waals surface area contributed by atoms with E-state index in [-0.39, 0.29) is 11.7 Å². The largest absolute Gasteiger partial charge is 0.464 e. The van der Waals surface area contributed by atoms with E-state index in [9.17, 15) is 4.79 Å². The first kappa shape index (κ1) is 13.0. The Morgan fingerprint density at radius 2 is 2.32 bits per heavy atom. The molecule has 0 saturated heterocycles. The van der Waals surface area contributed by atoms with Crippen molar-refractivity contribution in [3.05, 3.63) is 36.8 Å². The number of anilines is 1. The Morgan fingerprint density at radius 3 is 3.00 bits per heavy atom. The summed E-state index contributed by atoms with van der Waals surface area (Å²) in [6.45, 7) is 2.75. The summed E-state index contributed by atoms with van der Waals surface area (Å²) in [7, 11) is 1.31. The molecule has 0 amide bonds. The van der Waals surface area contributed by atoms with Crippen LogP contribution >= 0.6 is 0 Å². The lowest BCUT2D eigenvalue weighted by Crippen LogP contribution is -2.22. The van der Waals surface area contributed by atoms with Crippen LogP contribution in [0.25, 0.3) is 0 Å². The molecule has 0 aromatic carbocycles. The zero-order valence-electron chi connectivity index (χ0n) is 10.8. The molecular weight excluding hydrogens is 246 g/mol. The Bertz CT molecular complexity index is 541. The van der Waals surface area contributed by atoms with Crippen LogP contribution in [0.15, 0.2) is 31.1 Å². The highest BCUT2D eigenvalue weighted by atomic mass is 16.5. The van der Waals surface area contributed by atoms with Crippen LogP contribution in [-0.2, 0) is 11.3 Å². The number of carbonyl (C=O) groups is 1. The Balaban J connectivity index is 2.00. The van der Waals surface area contributed by atoms with E-state index >= 15 is 0 Å². The number of hydrogen-bond donors (Lipinski definition) is 1. The van der Waals surface area contributed by atoms with Gasteiger partial charge in [-0.3, -0.25) is 4.98 Å². The highest BCUT2D eigenvalue weighted by molar-refractivity contribution is 5.87. The smallest absolute Gasteiger partial charge is 0.358 e. The Labute approximate surface area is 110 Å². The van der Waals surface area contributed by atoms with Gasteiger partial charge in [-0.1, -0.05) is 0 Å². The summed E-state index contributed by atoms with van der Waals surface area (Å²) >= 11 is 0. The second kappa shape index (κ2) is 5.94. The van der Waals surface area contributed by atoms with Crippen LogP contribution in [0.5, 0.6) is 0 Å². The Morgan fingerprint density at radius 1 is 1.47 bits per heavy atom. The van der Waals surface area contributed by atoms with Crippen molar-refractivity contribution >= 4 is 11.8 Å². The maximum Gasteiger partial charge on any atom is 0.358 e. The van der Waals surface area contributed by atoms with Gasteiger partial charge < -0.3 is 14.6 Å². The van der Waals surface area contributed by atoms with E-state index in [1.807, 2.05) is 17.7 Å². The van der Waals surface area contributed by atoms with Gasteiger partial charge >= 0.3 is 5.97 Å². The Kier molecular flexibility index (Phi) is 4.07. The first-order chi connectivity index (χ1) is 9.19. The van der Waals surface area contributed by atoms with Crippen LogP contribution in [0, 0.1) is 0 Å². The SMILES string of the molecule is COC(=O)c1cncc(NC(C)Cn2ccnc2)n1. The van der Waals surface area contributed by atoms with Crippen molar-refractivity contribution in [2.75, 3.05) is 12.4 Å². The minimum absolute atomic E-state index is 0.122. The van der Waals surface area contributed by atoms with Gasteiger partial charge in [0.1, 0.15) is 5.82 Å². The van der Waals surface area contributed by atoms with Gasteiger partial charge in [0.25, 0.3) is 0 Å². The lowest BCUT2D eigenvalue weighted by Gasteiger charge is -2.14. The molecule has 2 aromatic rings. The number of hydrogen-bond acceptors (Lipinski definition) is 6. The first-order valence-corrected chi connectivity index (χ1v) is 5.81. The molecule has 1 atom stereocenters. The molecule has 7 heteroatoms. The van der Waals surface area contributed by atoms with Gasteiger partial charge in [0.05, 0.1) is 25.8 Å². The molecule has 100 valence electrons. The van der Waals surface area contributed by atoms with E-state index < -0.39 is 5.97 Å². The molecular formula is C12H15N5O2. The minimum Gasteiger partial charge on any atom is -0.464 e. The lowest BCUT2D eigenvalue weighted by molar-refractivity contribution is 0.0593. The number of nitrogens with one attached hydrogen (secondary N) is 1. The van der Waals surface area contributed by atoms with E-state index in [0.717, 1.165) is 6.54 Å². The molecule has 1 unspecified atom stereocenters. The highest BCUT2D eigenvalue weighted by Gasteiger charge is 2.10. The van der Waals surface area contributed by atoms with E-state index in [0.29, 0.717) is 5.82 Å². The quantitative estimate of drug-likeness (QED) is 0.807. The van der Waals surface area contributed by atoms with Crippen LogP contribution in [0.1, 0.15) is 17.4 Å². The number of rotatable bonds is 5. The van der Waals surface area contributed by atoms with Crippen LogP contribution in [0.4, 0.5) is 5.82 Å². The maximum absolute atomic E-state index is 11.3. The van der Waals surface area contributed by atoms with Crippen LogP contribution in [-0.4, -0.2) is 38.6 Å². The van der Waals surface area contributed by atoms with E-state index in [1.165, 1.54) is 13.3 Å². The predicted molar refractivity (Wildman–Crippen MR) is 68.7 cm³/mol. The second-order valence-electron chi connectivity index (χ2n) is 4.09. The summed E-state index contributed by atoms with van der Waals surface area (Å²) in [5.41, 5.74) is 0.183. The van der Waals surface area contributed by atoms with Gasteiger partial charge in [-0.2, -0.15) is 0 Å². The third kappa shape index (κ3) is 3.51. The third-order valence-electron chi connectivity index (χ3n) is 2.47. The maximum atomic E-state index is 11.3. The average molecular weight is 261 g/mol. The zero-order chi connectivity index (χ0) is 13.7. The molecule has 2 heterocycles. The van der Waals surface area contributed by atoms with Gasteiger partial charge in [0.2, 0.25) is 0 Å². The molecule has 0 radical (unpaired) electrons. The number of carbonyl (C=O) groups excluding carboxylic acids is 1. The molecule has 2 aromatic heterocycles. The van der Waals surface area contributed by atoms with Gasteiger partial charge in [0.15, 0.2) is 5.69 Å². The summed E-state index contributed by atoms with van der Waals surface area (Å²) in [5.74, 6) is 0.0360. The molecule has 0 fully saturated rings. The van der Waals surface area contributed by atoms with E-state index in [4.69, 9.17) is 0 Å².